The fourth-order valence-electron chi connectivity index (χ4n) is 1.22. The minimum atomic E-state index is -0.317. The SMILES string of the molecule is C=C(C)C(=O)OC(c1ccc(I)s1)C(C)C. The van der Waals surface area contributed by atoms with Crippen LogP contribution in [0.15, 0.2) is 24.3 Å². The lowest BCUT2D eigenvalue weighted by molar-refractivity contribution is -0.146. The highest BCUT2D eigenvalue weighted by Gasteiger charge is 2.22. The van der Waals surface area contributed by atoms with Crippen LogP contribution >= 0.6 is 33.9 Å². The predicted molar refractivity (Wildman–Crippen MR) is 75.5 cm³/mol. The molecule has 0 amide bonds. The lowest BCUT2D eigenvalue weighted by atomic mass is 10.1. The molecule has 1 aromatic rings. The Morgan fingerprint density at radius 3 is 2.50 bits per heavy atom. The number of carbonyl (C=O) groups excluding carboxylic acids is 1. The molecule has 1 atom stereocenters. The zero-order valence-corrected chi connectivity index (χ0v) is 12.6. The normalized spacial score (nSPS) is 12.6. The number of hydrogen-bond acceptors (Lipinski definition) is 3. The maximum atomic E-state index is 11.5. The molecule has 0 aliphatic carbocycles. The molecule has 0 saturated carbocycles. The van der Waals surface area contributed by atoms with Crippen LogP contribution in [-0.4, -0.2) is 5.97 Å². The molecule has 88 valence electrons. The van der Waals surface area contributed by atoms with Crippen molar-refractivity contribution in [2.24, 2.45) is 5.92 Å². The van der Waals surface area contributed by atoms with Crippen LogP contribution in [0, 0.1) is 8.80 Å². The Balaban J connectivity index is 2.84. The fourth-order valence-corrected chi connectivity index (χ4v) is 3.10. The van der Waals surface area contributed by atoms with E-state index in [0.717, 1.165) is 4.88 Å². The largest absolute Gasteiger partial charge is 0.453 e. The Hall–Kier alpha value is -0.360. The highest BCUT2D eigenvalue weighted by atomic mass is 127. The molecule has 1 unspecified atom stereocenters. The van der Waals surface area contributed by atoms with E-state index in [4.69, 9.17) is 4.74 Å². The van der Waals surface area contributed by atoms with E-state index in [1.165, 1.54) is 2.88 Å². The van der Waals surface area contributed by atoms with E-state index in [1.54, 1.807) is 18.3 Å². The second-order valence-electron chi connectivity index (χ2n) is 3.99. The van der Waals surface area contributed by atoms with Gasteiger partial charge in [0.25, 0.3) is 0 Å². The average Bonchev–Trinajstić information content (AvgIpc) is 2.59. The van der Waals surface area contributed by atoms with Crippen molar-refractivity contribution in [2.45, 2.75) is 26.9 Å². The van der Waals surface area contributed by atoms with Crippen molar-refractivity contribution < 1.29 is 9.53 Å². The number of hydrogen-bond donors (Lipinski definition) is 0. The molecule has 0 radical (unpaired) electrons. The third-order valence-electron chi connectivity index (χ3n) is 2.06. The summed E-state index contributed by atoms with van der Waals surface area (Å²) in [5.74, 6) is -0.0557. The monoisotopic (exact) mass is 350 g/mol. The van der Waals surface area contributed by atoms with Crippen molar-refractivity contribution in [2.75, 3.05) is 0 Å². The van der Waals surface area contributed by atoms with E-state index < -0.39 is 0 Å². The molecule has 0 fully saturated rings. The van der Waals surface area contributed by atoms with E-state index >= 15 is 0 Å². The second-order valence-corrected chi connectivity index (χ2v) is 7.00. The minimum Gasteiger partial charge on any atom is -0.453 e. The Morgan fingerprint density at radius 1 is 1.50 bits per heavy atom. The van der Waals surface area contributed by atoms with Gasteiger partial charge in [0.2, 0.25) is 0 Å². The van der Waals surface area contributed by atoms with Crippen molar-refractivity contribution >= 4 is 39.9 Å². The number of rotatable bonds is 4. The minimum absolute atomic E-state index is 0.169. The summed E-state index contributed by atoms with van der Waals surface area (Å²) >= 11 is 3.92. The molecule has 0 N–H and O–H groups in total. The van der Waals surface area contributed by atoms with Gasteiger partial charge in [0.15, 0.2) is 0 Å². The number of thiophene rings is 1. The molecule has 0 aromatic carbocycles. The van der Waals surface area contributed by atoms with Gasteiger partial charge in [-0.3, -0.25) is 0 Å². The molecule has 2 nitrogen and oxygen atoms in total. The van der Waals surface area contributed by atoms with Crippen LogP contribution in [0.1, 0.15) is 31.8 Å². The van der Waals surface area contributed by atoms with Gasteiger partial charge in [-0.25, -0.2) is 4.79 Å². The molecule has 0 aliphatic heterocycles. The van der Waals surface area contributed by atoms with Gasteiger partial charge in [0, 0.05) is 10.5 Å². The van der Waals surface area contributed by atoms with E-state index in [9.17, 15) is 4.79 Å². The van der Waals surface area contributed by atoms with Crippen LogP contribution in [0.3, 0.4) is 0 Å². The van der Waals surface area contributed by atoms with Gasteiger partial charge < -0.3 is 4.74 Å². The van der Waals surface area contributed by atoms with Crippen molar-refractivity contribution in [3.05, 3.63) is 32.0 Å². The topological polar surface area (TPSA) is 26.3 Å². The predicted octanol–water partition coefficient (Wildman–Crippen LogP) is 4.17. The Kier molecular flexibility index (Phi) is 4.98. The first kappa shape index (κ1) is 13.7. The molecular weight excluding hydrogens is 335 g/mol. The fraction of sp³-hybridized carbons (Fsp3) is 0.417. The molecule has 0 aliphatic rings. The second kappa shape index (κ2) is 5.82. The Labute approximate surface area is 114 Å². The first-order valence-electron chi connectivity index (χ1n) is 5.03. The third kappa shape index (κ3) is 3.59. The van der Waals surface area contributed by atoms with Crippen molar-refractivity contribution in [3.63, 3.8) is 0 Å². The van der Waals surface area contributed by atoms with Crippen molar-refractivity contribution in [3.8, 4) is 0 Å². The first-order valence-corrected chi connectivity index (χ1v) is 6.93. The maximum Gasteiger partial charge on any atom is 0.333 e. The van der Waals surface area contributed by atoms with Gasteiger partial charge in [-0.2, -0.15) is 0 Å². The van der Waals surface area contributed by atoms with Crippen LogP contribution < -0.4 is 0 Å². The molecule has 16 heavy (non-hydrogen) atoms. The lowest BCUT2D eigenvalue weighted by Crippen LogP contribution is -2.15. The summed E-state index contributed by atoms with van der Waals surface area (Å²) in [6, 6.07) is 4.05. The number of ether oxygens (including phenoxy) is 1. The molecule has 0 spiro atoms. The van der Waals surface area contributed by atoms with Crippen LogP contribution in [-0.2, 0) is 9.53 Å². The van der Waals surface area contributed by atoms with Crippen LogP contribution in [0.25, 0.3) is 0 Å². The standard InChI is InChI=1S/C12H15IO2S/c1-7(2)11(15-12(14)8(3)4)9-5-6-10(13)16-9/h5-7,11H,3H2,1-2,4H3. The van der Waals surface area contributed by atoms with Gasteiger partial charge in [-0.05, 0) is 47.6 Å². The van der Waals surface area contributed by atoms with Crippen LogP contribution in [0.4, 0.5) is 0 Å². The molecule has 1 aromatic heterocycles. The molecule has 0 saturated heterocycles. The van der Waals surface area contributed by atoms with Gasteiger partial charge in [-0.1, -0.05) is 20.4 Å². The molecule has 4 heteroatoms. The highest BCUT2D eigenvalue weighted by molar-refractivity contribution is 14.1. The zero-order chi connectivity index (χ0) is 12.3. The van der Waals surface area contributed by atoms with E-state index in [2.05, 4.69) is 29.2 Å². The van der Waals surface area contributed by atoms with Gasteiger partial charge in [0.05, 0.1) is 2.88 Å². The quantitative estimate of drug-likeness (QED) is 0.463. The van der Waals surface area contributed by atoms with Gasteiger partial charge in [0.1, 0.15) is 6.10 Å². The van der Waals surface area contributed by atoms with E-state index in [1.807, 2.05) is 26.0 Å². The maximum absolute atomic E-state index is 11.5. The van der Waals surface area contributed by atoms with E-state index in [0.29, 0.717) is 5.57 Å². The van der Waals surface area contributed by atoms with Gasteiger partial charge in [-0.15, -0.1) is 11.3 Å². The van der Waals surface area contributed by atoms with E-state index in [-0.39, 0.29) is 18.0 Å². The average molecular weight is 350 g/mol. The Morgan fingerprint density at radius 2 is 2.12 bits per heavy atom. The molecule has 1 heterocycles. The number of carbonyl (C=O) groups is 1. The summed E-state index contributed by atoms with van der Waals surface area (Å²) < 4.78 is 6.64. The number of esters is 1. The highest BCUT2D eigenvalue weighted by Crippen LogP contribution is 2.32. The molecule has 1 rings (SSSR count). The summed E-state index contributed by atoms with van der Waals surface area (Å²) in [6.45, 7) is 9.35. The first-order chi connectivity index (χ1) is 7.41. The van der Waals surface area contributed by atoms with Crippen LogP contribution in [0.5, 0.6) is 0 Å². The zero-order valence-electron chi connectivity index (χ0n) is 9.62. The lowest BCUT2D eigenvalue weighted by Gasteiger charge is -2.20. The van der Waals surface area contributed by atoms with Crippen molar-refractivity contribution in [1.82, 2.24) is 0 Å². The van der Waals surface area contributed by atoms with Crippen LogP contribution in [0.2, 0.25) is 0 Å². The third-order valence-corrected chi connectivity index (χ3v) is 4.02. The number of halogens is 1. The molecular formula is C12H15IO2S. The summed E-state index contributed by atoms with van der Waals surface area (Å²) in [7, 11) is 0. The molecule has 0 bridgehead atoms. The smallest absolute Gasteiger partial charge is 0.333 e. The summed E-state index contributed by atoms with van der Waals surface area (Å²) in [5.41, 5.74) is 0.442. The Bertz CT molecular complexity index is 395. The summed E-state index contributed by atoms with van der Waals surface area (Å²) in [5, 5.41) is 0. The summed E-state index contributed by atoms with van der Waals surface area (Å²) in [6.07, 6.45) is -0.169. The van der Waals surface area contributed by atoms with Gasteiger partial charge >= 0.3 is 5.97 Å². The van der Waals surface area contributed by atoms with Crippen molar-refractivity contribution in [1.29, 1.82) is 0 Å². The summed E-state index contributed by atoms with van der Waals surface area (Å²) in [4.78, 5) is 12.6.